The number of benzene rings is 3. The first-order valence-electron chi connectivity index (χ1n) is 9.26. The average Bonchev–Trinajstić information content (AvgIpc) is 3.21. The Kier molecular flexibility index (Phi) is 5.52. The fourth-order valence-corrected chi connectivity index (χ4v) is 2.92. The second-order valence-corrected chi connectivity index (χ2v) is 6.45. The van der Waals surface area contributed by atoms with E-state index < -0.39 is 0 Å². The lowest BCUT2D eigenvalue weighted by molar-refractivity contribution is -0.118. The van der Waals surface area contributed by atoms with E-state index in [-0.39, 0.29) is 12.5 Å². The molecule has 1 N–H and O–H groups in total. The van der Waals surface area contributed by atoms with Gasteiger partial charge in [0, 0.05) is 23.4 Å². The maximum absolute atomic E-state index is 12.2. The third-order valence-corrected chi connectivity index (χ3v) is 4.40. The molecule has 7 heteroatoms. The normalized spacial score (nSPS) is 10.6. The molecule has 0 bridgehead atoms. The molecule has 4 aromatic rings. The Labute approximate surface area is 173 Å². The molecule has 152 valence electrons. The van der Waals surface area contributed by atoms with Gasteiger partial charge in [-0.1, -0.05) is 12.1 Å². The van der Waals surface area contributed by atoms with E-state index in [1.54, 1.807) is 56.7 Å². The number of carbonyl (C=O) groups excluding carboxylic acids is 1. The van der Waals surface area contributed by atoms with Gasteiger partial charge in [0.05, 0.1) is 14.2 Å². The quantitative estimate of drug-likeness (QED) is 0.487. The molecule has 30 heavy (non-hydrogen) atoms. The van der Waals surface area contributed by atoms with Crippen LogP contribution >= 0.6 is 0 Å². The van der Waals surface area contributed by atoms with Crippen LogP contribution < -0.4 is 19.5 Å². The average molecular weight is 404 g/mol. The number of aromatic nitrogens is 1. The van der Waals surface area contributed by atoms with E-state index in [4.69, 9.17) is 18.6 Å². The lowest BCUT2D eigenvalue weighted by Crippen LogP contribution is -2.20. The van der Waals surface area contributed by atoms with Crippen LogP contribution in [0.15, 0.2) is 71.1 Å². The van der Waals surface area contributed by atoms with Crippen molar-refractivity contribution < 1.29 is 23.4 Å². The monoisotopic (exact) mass is 404 g/mol. The predicted molar refractivity (Wildman–Crippen MR) is 113 cm³/mol. The van der Waals surface area contributed by atoms with Crippen LogP contribution in [0.1, 0.15) is 0 Å². The number of nitrogens with zero attached hydrogens (tertiary/aromatic N) is 1. The van der Waals surface area contributed by atoms with Crippen molar-refractivity contribution in [1.82, 2.24) is 4.98 Å². The summed E-state index contributed by atoms with van der Waals surface area (Å²) < 4.78 is 21.8. The summed E-state index contributed by atoms with van der Waals surface area (Å²) in [5.74, 6) is 2.13. The smallest absolute Gasteiger partial charge is 0.262 e. The van der Waals surface area contributed by atoms with E-state index in [2.05, 4.69) is 10.3 Å². The highest BCUT2D eigenvalue weighted by Gasteiger charge is 2.11. The van der Waals surface area contributed by atoms with E-state index in [1.165, 1.54) is 0 Å². The fourth-order valence-electron chi connectivity index (χ4n) is 2.92. The van der Waals surface area contributed by atoms with Crippen molar-refractivity contribution >= 4 is 22.7 Å². The number of rotatable bonds is 7. The van der Waals surface area contributed by atoms with Crippen molar-refractivity contribution in [3.63, 3.8) is 0 Å². The Balaban J connectivity index is 1.44. The Hall–Kier alpha value is -4.00. The first kappa shape index (κ1) is 19.3. The van der Waals surface area contributed by atoms with Gasteiger partial charge in [-0.25, -0.2) is 4.98 Å². The van der Waals surface area contributed by atoms with Crippen molar-refractivity contribution in [3.8, 4) is 28.7 Å². The van der Waals surface area contributed by atoms with Gasteiger partial charge in [-0.05, 0) is 42.5 Å². The highest BCUT2D eigenvalue weighted by molar-refractivity contribution is 5.94. The molecular weight excluding hydrogens is 384 g/mol. The summed E-state index contributed by atoms with van der Waals surface area (Å²) in [6.07, 6.45) is 0. The number of hydrogen-bond acceptors (Lipinski definition) is 6. The van der Waals surface area contributed by atoms with Crippen LogP contribution in [-0.4, -0.2) is 31.7 Å². The summed E-state index contributed by atoms with van der Waals surface area (Å²) in [6, 6.07) is 19.8. The summed E-state index contributed by atoms with van der Waals surface area (Å²) in [5, 5.41) is 2.80. The Bertz CT molecular complexity index is 1190. The second kappa shape index (κ2) is 8.57. The maximum Gasteiger partial charge on any atom is 0.262 e. The summed E-state index contributed by atoms with van der Waals surface area (Å²) >= 11 is 0. The van der Waals surface area contributed by atoms with Gasteiger partial charge in [0.1, 0.15) is 22.8 Å². The molecule has 0 spiro atoms. The van der Waals surface area contributed by atoms with Gasteiger partial charge in [-0.2, -0.15) is 0 Å². The highest BCUT2D eigenvalue weighted by Crippen LogP contribution is 2.28. The lowest BCUT2D eigenvalue weighted by Gasteiger charge is -2.08. The SMILES string of the molecule is COc1cccc(OCC(=O)Nc2ccc3nc(-c4cccc(OC)c4)oc3c2)c1. The number of nitrogens with one attached hydrogen (secondary N) is 1. The lowest BCUT2D eigenvalue weighted by atomic mass is 10.2. The van der Waals surface area contributed by atoms with Gasteiger partial charge >= 0.3 is 0 Å². The third-order valence-electron chi connectivity index (χ3n) is 4.40. The van der Waals surface area contributed by atoms with Crippen molar-refractivity contribution in [2.75, 3.05) is 26.1 Å². The molecule has 0 fully saturated rings. The minimum atomic E-state index is -0.287. The minimum absolute atomic E-state index is 0.128. The zero-order valence-corrected chi connectivity index (χ0v) is 16.5. The van der Waals surface area contributed by atoms with Crippen LogP contribution in [0.2, 0.25) is 0 Å². The van der Waals surface area contributed by atoms with E-state index >= 15 is 0 Å². The van der Waals surface area contributed by atoms with Crippen LogP contribution in [0.25, 0.3) is 22.6 Å². The largest absolute Gasteiger partial charge is 0.497 e. The predicted octanol–water partition coefficient (Wildman–Crippen LogP) is 4.53. The Morgan fingerprint density at radius 1 is 0.933 bits per heavy atom. The second-order valence-electron chi connectivity index (χ2n) is 6.45. The van der Waals surface area contributed by atoms with Gasteiger partial charge in [-0.3, -0.25) is 4.79 Å². The molecule has 1 heterocycles. The maximum atomic E-state index is 12.2. The molecular formula is C23H20N2O5. The van der Waals surface area contributed by atoms with Crippen molar-refractivity contribution in [2.24, 2.45) is 0 Å². The molecule has 4 rings (SSSR count). The molecule has 0 aliphatic carbocycles. The van der Waals surface area contributed by atoms with Gasteiger partial charge in [0.25, 0.3) is 5.91 Å². The topological polar surface area (TPSA) is 82.8 Å². The molecule has 0 radical (unpaired) electrons. The molecule has 3 aromatic carbocycles. The number of fused-ring (bicyclic) bond motifs is 1. The molecule has 0 atom stereocenters. The number of anilines is 1. The number of methoxy groups -OCH3 is 2. The Morgan fingerprint density at radius 3 is 2.47 bits per heavy atom. The van der Waals surface area contributed by atoms with Gasteiger partial charge in [-0.15, -0.1) is 0 Å². The summed E-state index contributed by atoms with van der Waals surface area (Å²) in [4.78, 5) is 16.7. The molecule has 0 aliphatic rings. The summed E-state index contributed by atoms with van der Waals surface area (Å²) in [6.45, 7) is -0.128. The number of amides is 1. The van der Waals surface area contributed by atoms with Gasteiger partial charge < -0.3 is 23.9 Å². The van der Waals surface area contributed by atoms with Crippen molar-refractivity contribution in [2.45, 2.75) is 0 Å². The first-order chi connectivity index (χ1) is 14.6. The molecule has 0 aliphatic heterocycles. The van der Waals surface area contributed by atoms with Crippen LogP contribution in [0.4, 0.5) is 5.69 Å². The van der Waals surface area contributed by atoms with E-state index in [0.717, 1.165) is 11.3 Å². The molecule has 1 amide bonds. The summed E-state index contributed by atoms with van der Waals surface area (Å²) in [7, 11) is 3.18. The molecule has 0 saturated heterocycles. The van der Waals surface area contributed by atoms with E-state index in [1.807, 2.05) is 24.3 Å². The van der Waals surface area contributed by atoms with Crippen LogP contribution in [0.3, 0.4) is 0 Å². The number of carbonyl (C=O) groups is 1. The molecule has 1 aromatic heterocycles. The molecule has 7 nitrogen and oxygen atoms in total. The Morgan fingerprint density at radius 2 is 1.67 bits per heavy atom. The first-order valence-corrected chi connectivity index (χ1v) is 9.26. The van der Waals surface area contributed by atoms with Crippen molar-refractivity contribution in [3.05, 3.63) is 66.7 Å². The minimum Gasteiger partial charge on any atom is -0.497 e. The van der Waals surface area contributed by atoms with Crippen molar-refractivity contribution in [1.29, 1.82) is 0 Å². The van der Waals surface area contributed by atoms with Crippen LogP contribution in [-0.2, 0) is 4.79 Å². The number of oxazole rings is 1. The van der Waals surface area contributed by atoms with E-state index in [9.17, 15) is 4.79 Å². The fraction of sp³-hybridized carbons (Fsp3) is 0.130. The van der Waals surface area contributed by atoms with E-state index in [0.29, 0.717) is 34.2 Å². The standard InChI is InChI=1S/C23H20N2O5/c1-27-17-6-3-5-15(11-17)23-25-20-10-9-16(12-21(20)30-23)24-22(26)14-29-19-8-4-7-18(13-19)28-2/h3-13H,14H2,1-2H3,(H,24,26). The van der Waals surface area contributed by atoms with Gasteiger partial charge in [0.2, 0.25) is 5.89 Å². The number of hydrogen-bond donors (Lipinski definition) is 1. The summed E-state index contributed by atoms with van der Waals surface area (Å²) in [5.41, 5.74) is 2.66. The molecule has 0 saturated carbocycles. The number of ether oxygens (including phenoxy) is 3. The van der Waals surface area contributed by atoms with Crippen LogP contribution in [0, 0.1) is 0 Å². The van der Waals surface area contributed by atoms with Gasteiger partial charge in [0.15, 0.2) is 12.2 Å². The zero-order valence-electron chi connectivity index (χ0n) is 16.5. The van der Waals surface area contributed by atoms with Crippen LogP contribution in [0.5, 0.6) is 17.2 Å². The third kappa shape index (κ3) is 4.35. The zero-order chi connectivity index (χ0) is 20.9. The highest BCUT2D eigenvalue weighted by atomic mass is 16.5. The molecule has 0 unspecified atom stereocenters.